The van der Waals surface area contributed by atoms with Gasteiger partial charge in [-0.25, -0.2) is 0 Å². The summed E-state index contributed by atoms with van der Waals surface area (Å²) < 4.78 is 67.2. The summed E-state index contributed by atoms with van der Waals surface area (Å²) in [7, 11) is 0. The standard InChI is InChI=1S/C15H10F5NO2/c16-14(17,15(18,19)20)13(22)21-10-6-8-12(9-7-10)23-11-4-2-1-3-5-11/h1-9H,(H,21,22). The fourth-order valence-electron chi connectivity index (χ4n) is 1.57. The lowest BCUT2D eigenvalue weighted by Crippen LogP contribution is -2.47. The molecule has 2 aromatic rings. The first kappa shape index (κ1) is 16.7. The number of carbonyl (C=O) groups excluding carboxylic acids is 1. The van der Waals surface area contributed by atoms with E-state index in [2.05, 4.69) is 0 Å². The SMILES string of the molecule is O=C(Nc1ccc(Oc2ccccc2)cc1)C(F)(F)C(F)(F)F. The van der Waals surface area contributed by atoms with Crippen LogP contribution in [0.5, 0.6) is 11.5 Å². The van der Waals surface area contributed by atoms with Crippen molar-refractivity contribution in [2.75, 3.05) is 5.32 Å². The van der Waals surface area contributed by atoms with Crippen molar-refractivity contribution >= 4 is 11.6 Å². The minimum absolute atomic E-state index is 0.209. The Kier molecular flexibility index (Phi) is 4.53. The Morgan fingerprint density at radius 2 is 1.35 bits per heavy atom. The third-order valence-corrected chi connectivity index (χ3v) is 2.73. The van der Waals surface area contributed by atoms with Gasteiger partial charge in [0, 0.05) is 5.69 Å². The molecular formula is C15H10F5NO2. The van der Waals surface area contributed by atoms with Crippen molar-refractivity contribution in [3.05, 3.63) is 54.6 Å². The van der Waals surface area contributed by atoms with Crippen molar-refractivity contribution < 1.29 is 31.5 Å². The van der Waals surface area contributed by atoms with Gasteiger partial charge in [-0.3, -0.25) is 4.79 Å². The molecule has 2 rings (SSSR count). The Morgan fingerprint density at radius 1 is 0.826 bits per heavy atom. The number of carbonyl (C=O) groups is 1. The van der Waals surface area contributed by atoms with Gasteiger partial charge in [0.25, 0.3) is 0 Å². The van der Waals surface area contributed by atoms with E-state index >= 15 is 0 Å². The number of rotatable bonds is 4. The van der Waals surface area contributed by atoms with Gasteiger partial charge in [0.1, 0.15) is 11.5 Å². The average Bonchev–Trinajstić information content (AvgIpc) is 2.49. The van der Waals surface area contributed by atoms with Gasteiger partial charge in [0.2, 0.25) is 0 Å². The number of hydrogen-bond donors (Lipinski definition) is 1. The molecule has 0 aliphatic rings. The van der Waals surface area contributed by atoms with Crippen LogP contribution in [0.3, 0.4) is 0 Å². The maximum Gasteiger partial charge on any atom is 0.463 e. The van der Waals surface area contributed by atoms with E-state index in [1.807, 2.05) is 0 Å². The lowest BCUT2D eigenvalue weighted by atomic mass is 10.2. The van der Waals surface area contributed by atoms with E-state index in [1.54, 1.807) is 30.3 Å². The van der Waals surface area contributed by atoms with Gasteiger partial charge in [-0.2, -0.15) is 22.0 Å². The first-order chi connectivity index (χ1) is 10.7. The summed E-state index contributed by atoms with van der Waals surface area (Å²) in [6, 6.07) is 13.6. The molecule has 8 heteroatoms. The molecule has 1 amide bonds. The molecule has 2 aromatic carbocycles. The second-order valence-electron chi connectivity index (χ2n) is 4.47. The van der Waals surface area contributed by atoms with Gasteiger partial charge < -0.3 is 10.1 Å². The van der Waals surface area contributed by atoms with Crippen LogP contribution >= 0.6 is 0 Å². The summed E-state index contributed by atoms with van der Waals surface area (Å²) in [5.74, 6) is -7.06. The molecule has 0 aliphatic heterocycles. The zero-order valence-electron chi connectivity index (χ0n) is 11.4. The number of hydrogen-bond acceptors (Lipinski definition) is 2. The lowest BCUT2D eigenvalue weighted by Gasteiger charge is -2.18. The topological polar surface area (TPSA) is 38.3 Å². The minimum Gasteiger partial charge on any atom is -0.457 e. The summed E-state index contributed by atoms with van der Waals surface area (Å²) >= 11 is 0. The molecule has 0 radical (unpaired) electrons. The summed E-state index contributed by atoms with van der Waals surface area (Å²) in [6.07, 6.45) is -5.95. The highest BCUT2D eigenvalue weighted by Crippen LogP contribution is 2.36. The lowest BCUT2D eigenvalue weighted by molar-refractivity contribution is -0.267. The number of ether oxygens (including phenoxy) is 1. The zero-order valence-corrected chi connectivity index (χ0v) is 11.4. The minimum atomic E-state index is -5.95. The Labute approximate surface area is 127 Å². The van der Waals surface area contributed by atoms with Crippen LogP contribution in [-0.4, -0.2) is 18.0 Å². The van der Waals surface area contributed by atoms with Crippen molar-refractivity contribution in [1.82, 2.24) is 0 Å². The highest BCUT2D eigenvalue weighted by molar-refractivity contribution is 5.96. The van der Waals surface area contributed by atoms with E-state index in [4.69, 9.17) is 4.74 Å². The molecule has 0 atom stereocenters. The first-order valence-electron chi connectivity index (χ1n) is 6.29. The maximum absolute atomic E-state index is 12.8. The van der Waals surface area contributed by atoms with Crippen molar-refractivity contribution in [1.29, 1.82) is 0 Å². The Bertz CT molecular complexity index is 669. The Morgan fingerprint density at radius 3 is 1.87 bits per heavy atom. The Balaban J connectivity index is 2.04. The molecule has 0 aliphatic carbocycles. The summed E-state index contributed by atoms with van der Waals surface area (Å²) in [6.45, 7) is 0. The zero-order chi connectivity index (χ0) is 17.1. The van der Waals surface area contributed by atoms with Gasteiger partial charge in [-0.1, -0.05) is 18.2 Å². The number of benzene rings is 2. The molecule has 1 N–H and O–H groups in total. The third-order valence-electron chi connectivity index (χ3n) is 2.73. The van der Waals surface area contributed by atoms with Crippen LogP contribution in [0.25, 0.3) is 0 Å². The van der Waals surface area contributed by atoms with Crippen molar-refractivity contribution in [2.45, 2.75) is 12.1 Å². The molecule has 0 aromatic heterocycles. The predicted molar refractivity (Wildman–Crippen MR) is 72.6 cm³/mol. The molecular weight excluding hydrogens is 321 g/mol. The largest absolute Gasteiger partial charge is 0.463 e. The van der Waals surface area contributed by atoms with E-state index in [1.165, 1.54) is 17.4 Å². The van der Waals surface area contributed by atoms with E-state index in [9.17, 15) is 26.7 Å². The maximum atomic E-state index is 12.8. The molecule has 0 saturated carbocycles. The van der Waals surface area contributed by atoms with E-state index in [0.717, 1.165) is 12.1 Å². The number of alkyl halides is 5. The number of para-hydroxylation sites is 1. The monoisotopic (exact) mass is 331 g/mol. The van der Waals surface area contributed by atoms with Gasteiger partial charge in [0.05, 0.1) is 0 Å². The van der Waals surface area contributed by atoms with Crippen LogP contribution in [0.1, 0.15) is 0 Å². The average molecular weight is 331 g/mol. The van der Waals surface area contributed by atoms with E-state index in [0.29, 0.717) is 11.5 Å². The second kappa shape index (κ2) is 6.23. The number of halogens is 5. The highest BCUT2D eigenvalue weighted by Gasteiger charge is 2.63. The molecule has 0 heterocycles. The van der Waals surface area contributed by atoms with E-state index < -0.39 is 18.0 Å². The first-order valence-corrected chi connectivity index (χ1v) is 6.29. The van der Waals surface area contributed by atoms with Crippen LogP contribution in [0.4, 0.5) is 27.6 Å². The second-order valence-corrected chi connectivity index (χ2v) is 4.47. The molecule has 0 bridgehead atoms. The fourth-order valence-corrected chi connectivity index (χ4v) is 1.57. The number of amides is 1. The third kappa shape index (κ3) is 3.97. The molecule has 122 valence electrons. The molecule has 0 unspecified atom stereocenters. The molecule has 0 saturated heterocycles. The normalized spacial score (nSPS) is 11.9. The van der Waals surface area contributed by atoms with E-state index in [-0.39, 0.29) is 5.69 Å². The van der Waals surface area contributed by atoms with Crippen LogP contribution < -0.4 is 10.1 Å². The van der Waals surface area contributed by atoms with Crippen molar-refractivity contribution in [3.63, 3.8) is 0 Å². The number of nitrogens with one attached hydrogen (secondary N) is 1. The molecule has 3 nitrogen and oxygen atoms in total. The van der Waals surface area contributed by atoms with Crippen molar-refractivity contribution in [2.24, 2.45) is 0 Å². The summed E-state index contributed by atoms with van der Waals surface area (Å²) in [5, 5.41) is 1.52. The quantitative estimate of drug-likeness (QED) is 0.831. The highest BCUT2D eigenvalue weighted by atomic mass is 19.4. The molecule has 0 fully saturated rings. The van der Waals surface area contributed by atoms with Gasteiger partial charge in [0.15, 0.2) is 0 Å². The van der Waals surface area contributed by atoms with Gasteiger partial charge in [-0.05, 0) is 36.4 Å². The predicted octanol–water partition coefficient (Wildman–Crippen LogP) is 4.62. The van der Waals surface area contributed by atoms with Crippen molar-refractivity contribution in [3.8, 4) is 11.5 Å². The van der Waals surface area contributed by atoms with Crippen LogP contribution in [0.15, 0.2) is 54.6 Å². The fraction of sp³-hybridized carbons (Fsp3) is 0.133. The van der Waals surface area contributed by atoms with Crippen LogP contribution in [-0.2, 0) is 4.79 Å². The summed E-state index contributed by atoms with van der Waals surface area (Å²) in [4.78, 5) is 11.0. The summed E-state index contributed by atoms with van der Waals surface area (Å²) in [5.41, 5.74) is -0.209. The number of anilines is 1. The smallest absolute Gasteiger partial charge is 0.457 e. The molecule has 0 spiro atoms. The van der Waals surface area contributed by atoms with Gasteiger partial charge in [-0.15, -0.1) is 0 Å². The van der Waals surface area contributed by atoms with Gasteiger partial charge >= 0.3 is 18.0 Å². The Hall–Kier alpha value is -2.64. The van der Waals surface area contributed by atoms with Crippen LogP contribution in [0, 0.1) is 0 Å². The van der Waals surface area contributed by atoms with Crippen LogP contribution in [0.2, 0.25) is 0 Å². The molecule has 23 heavy (non-hydrogen) atoms.